The molecule has 3 rings (SSSR count). The van der Waals surface area contributed by atoms with E-state index in [9.17, 15) is 18.0 Å². The number of esters is 1. The third-order valence-corrected chi connectivity index (χ3v) is 7.59. The van der Waals surface area contributed by atoms with Gasteiger partial charge in [0.15, 0.2) is 0 Å². The number of hydrogen-bond acceptors (Lipinski definition) is 4. The molecule has 3 aromatic rings. The van der Waals surface area contributed by atoms with E-state index in [0.29, 0.717) is 22.1 Å². The highest BCUT2D eigenvalue weighted by molar-refractivity contribution is 7.19. The van der Waals surface area contributed by atoms with E-state index < -0.39 is 11.7 Å². The highest BCUT2D eigenvalue weighted by atomic mass is 35.5. The number of fused-ring (bicyclic) bond motifs is 1. The summed E-state index contributed by atoms with van der Waals surface area (Å²) in [5.74, 6) is 0.376. The molecule has 0 bridgehead atoms. The van der Waals surface area contributed by atoms with Gasteiger partial charge in [-0.25, -0.2) is 0 Å². The van der Waals surface area contributed by atoms with Gasteiger partial charge in [0.25, 0.3) is 0 Å². The van der Waals surface area contributed by atoms with Crippen LogP contribution in [0.3, 0.4) is 0 Å². The van der Waals surface area contributed by atoms with Crippen molar-refractivity contribution in [3.8, 4) is 5.75 Å². The summed E-state index contributed by atoms with van der Waals surface area (Å²) in [4.78, 5) is 12.6. The first-order valence-electron chi connectivity index (χ1n) is 11.2. The van der Waals surface area contributed by atoms with Gasteiger partial charge in [0.05, 0.1) is 30.7 Å². The summed E-state index contributed by atoms with van der Waals surface area (Å²) in [6.07, 6.45) is -0.502. The van der Waals surface area contributed by atoms with Crippen molar-refractivity contribution >= 4 is 39.0 Å². The fourth-order valence-electron chi connectivity index (χ4n) is 3.99. The number of benzene rings is 2. The molecule has 0 radical (unpaired) electrons. The first kappa shape index (κ1) is 26.4. The highest BCUT2D eigenvalue weighted by Crippen LogP contribution is 2.41. The molecule has 8 heteroatoms. The number of hydrogen-bond donors (Lipinski definition) is 0. The van der Waals surface area contributed by atoms with Crippen LogP contribution in [0.2, 0.25) is 5.02 Å². The molecule has 0 fully saturated rings. The fraction of sp³-hybridized carbons (Fsp3) is 0.423. The predicted molar refractivity (Wildman–Crippen MR) is 131 cm³/mol. The van der Waals surface area contributed by atoms with Crippen molar-refractivity contribution in [1.82, 2.24) is 0 Å². The zero-order valence-electron chi connectivity index (χ0n) is 19.4. The minimum absolute atomic E-state index is 0.136. The molecule has 0 aliphatic heterocycles. The van der Waals surface area contributed by atoms with Gasteiger partial charge in [0, 0.05) is 9.58 Å². The second-order valence-electron chi connectivity index (χ2n) is 8.29. The van der Waals surface area contributed by atoms with E-state index in [1.807, 2.05) is 6.92 Å². The van der Waals surface area contributed by atoms with Crippen molar-refractivity contribution in [2.45, 2.75) is 58.0 Å². The molecule has 0 aliphatic rings. The van der Waals surface area contributed by atoms with Gasteiger partial charge in [-0.05, 0) is 66.5 Å². The number of methoxy groups -OCH3 is 1. The van der Waals surface area contributed by atoms with Crippen LogP contribution in [-0.4, -0.2) is 19.7 Å². The number of aryl methyl sites for hydroxylation is 1. The average molecular weight is 513 g/mol. The largest absolute Gasteiger partial charge is 0.492 e. The first-order valence-corrected chi connectivity index (χ1v) is 12.4. The van der Waals surface area contributed by atoms with E-state index >= 15 is 0 Å². The molecule has 184 valence electrons. The number of halogens is 4. The van der Waals surface area contributed by atoms with Crippen LogP contribution in [0.15, 0.2) is 36.4 Å². The molecule has 2 aromatic carbocycles. The standard InChI is InChI=1S/C26H28ClF3O3S/c1-4-5-6-18(11-12-33-22-10-7-17(13-21(22)27)14-24(31)32-3)25-16(2)20-9-8-19(26(28,29)30)15-23(20)34-25/h7-10,13,15,18H,4-6,11-12,14H2,1-3H3. The second-order valence-corrected chi connectivity index (χ2v) is 9.78. The molecule has 0 amide bonds. The molecule has 0 spiro atoms. The predicted octanol–water partition coefficient (Wildman–Crippen LogP) is 8.34. The maximum absolute atomic E-state index is 13.2. The molecule has 1 atom stereocenters. The summed E-state index contributed by atoms with van der Waals surface area (Å²) in [6.45, 7) is 4.53. The number of carbonyl (C=O) groups is 1. The van der Waals surface area contributed by atoms with Gasteiger partial charge in [0.2, 0.25) is 0 Å². The van der Waals surface area contributed by atoms with Crippen molar-refractivity contribution in [2.75, 3.05) is 13.7 Å². The zero-order valence-corrected chi connectivity index (χ0v) is 21.0. The Kier molecular flexibility index (Phi) is 8.88. The van der Waals surface area contributed by atoms with Crippen LogP contribution in [0.1, 0.15) is 60.1 Å². The van der Waals surface area contributed by atoms with Crippen LogP contribution < -0.4 is 4.74 Å². The Balaban J connectivity index is 1.75. The van der Waals surface area contributed by atoms with Crippen molar-refractivity contribution in [1.29, 1.82) is 0 Å². The van der Waals surface area contributed by atoms with Gasteiger partial charge >= 0.3 is 12.1 Å². The van der Waals surface area contributed by atoms with Gasteiger partial charge in [0.1, 0.15) is 5.75 Å². The Morgan fingerprint density at radius 3 is 2.56 bits per heavy atom. The number of carbonyl (C=O) groups excluding carboxylic acids is 1. The van der Waals surface area contributed by atoms with E-state index in [1.165, 1.54) is 24.5 Å². The van der Waals surface area contributed by atoms with E-state index in [-0.39, 0.29) is 18.3 Å². The smallest absolute Gasteiger partial charge is 0.416 e. The van der Waals surface area contributed by atoms with Crippen LogP contribution in [-0.2, 0) is 22.1 Å². The summed E-state index contributed by atoms with van der Waals surface area (Å²) >= 11 is 7.78. The molecule has 1 aromatic heterocycles. The Bertz CT molecular complexity index is 1140. The Labute approximate surface area is 206 Å². The summed E-state index contributed by atoms with van der Waals surface area (Å²) in [5.41, 5.74) is 1.16. The quantitative estimate of drug-likeness (QED) is 0.256. The number of ether oxygens (including phenoxy) is 2. The van der Waals surface area contributed by atoms with Crippen molar-refractivity contribution in [3.05, 3.63) is 63.0 Å². The maximum Gasteiger partial charge on any atom is 0.416 e. The molecule has 1 heterocycles. The van der Waals surface area contributed by atoms with Crippen LogP contribution in [0.25, 0.3) is 10.1 Å². The summed E-state index contributed by atoms with van der Waals surface area (Å²) in [7, 11) is 1.34. The maximum atomic E-state index is 13.2. The normalized spacial score (nSPS) is 12.7. The lowest BCUT2D eigenvalue weighted by molar-refractivity contribution is -0.140. The first-order chi connectivity index (χ1) is 16.1. The molecule has 3 nitrogen and oxygen atoms in total. The summed E-state index contributed by atoms with van der Waals surface area (Å²) in [6, 6.07) is 9.20. The average Bonchev–Trinajstić information content (AvgIpc) is 3.12. The molecule has 0 N–H and O–H groups in total. The molecule has 34 heavy (non-hydrogen) atoms. The third kappa shape index (κ3) is 6.45. The SMILES string of the molecule is CCCCC(CCOc1ccc(CC(=O)OC)cc1Cl)c1sc2cc(C(F)(F)F)ccc2c1C. The van der Waals surface area contributed by atoms with Gasteiger partial charge < -0.3 is 9.47 Å². The van der Waals surface area contributed by atoms with E-state index in [1.54, 1.807) is 24.3 Å². The van der Waals surface area contributed by atoms with Gasteiger partial charge in [-0.2, -0.15) is 13.2 Å². The Hall–Kier alpha value is -2.25. The topological polar surface area (TPSA) is 35.5 Å². The minimum Gasteiger partial charge on any atom is -0.492 e. The van der Waals surface area contributed by atoms with E-state index in [0.717, 1.165) is 53.1 Å². The van der Waals surface area contributed by atoms with Crippen molar-refractivity contribution in [2.24, 2.45) is 0 Å². The molecular formula is C26H28ClF3O3S. The lowest BCUT2D eigenvalue weighted by atomic mass is 9.94. The summed E-state index contributed by atoms with van der Waals surface area (Å²) in [5, 5.41) is 1.30. The Morgan fingerprint density at radius 1 is 1.15 bits per heavy atom. The molecular weight excluding hydrogens is 485 g/mol. The number of alkyl halides is 3. The van der Waals surface area contributed by atoms with Crippen LogP contribution in [0.4, 0.5) is 13.2 Å². The number of rotatable bonds is 10. The van der Waals surface area contributed by atoms with Crippen LogP contribution >= 0.6 is 22.9 Å². The Morgan fingerprint density at radius 2 is 1.91 bits per heavy atom. The van der Waals surface area contributed by atoms with Crippen molar-refractivity contribution in [3.63, 3.8) is 0 Å². The lowest BCUT2D eigenvalue weighted by Gasteiger charge is -2.17. The molecule has 0 aliphatic carbocycles. The third-order valence-electron chi connectivity index (χ3n) is 5.88. The molecule has 1 unspecified atom stereocenters. The van der Waals surface area contributed by atoms with Gasteiger partial charge in [-0.3, -0.25) is 4.79 Å². The second kappa shape index (κ2) is 11.5. The fourth-order valence-corrected chi connectivity index (χ4v) is 5.67. The van der Waals surface area contributed by atoms with E-state index in [4.69, 9.17) is 16.3 Å². The molecule has 0 saturated heterocycles. The number of thiophene rings is 1. The van der Waals surface area contributed by atoms with Gasteiger partial charge in [-0.1, -0.05) is 43.5 Å². The van der Waals surface area contributed by atoms with Crippen LogP contribution in [0, 0.1) is 6.92 Å². The summed E-state index contributed by atoms with van der Waals surface area (Å²) < 4.78 is 50.8. The van der Waals surface area contributed by atoms with Crippen LogP contribution in [0.5, 0.6) is 5.75 Å². The minimum atomic E-state index is -4.35. The zero-order chi connectivity index (χ0) is 24.9. The highest BCUT2D eigenvalue weighted by Gasteiger charge is 2.31. The van der Waals surface area contributed by atoms with Gasteiger partial charge in [-0.15, -0.1) is 11.3 Å². The monoisotopic (exact) mass is 512 g/mol. The van der Waals surface area contributed by atoms with E-state index in [2.05, 4.69) is 11.7 Å². The van der Waals surface area contributed by atoms with Crippen molar-refractivity contribution < 1.29 is 27.4 Å². The lowest BCUT2D eigenvalue weighted by Crippen LogP contribution is -2.07. The number of unbranched alkanes of at least 4 members (excludes halogenated alkanes) is 1. The molecule has 0 saturated carbocycles.